The molecule has 0 spiro atoms. The largest absolute Gasteiger partial charge is 0.494 e. The molecule has 15 nitrogen and oxygen atoms in total. The van der Waals surface area contributed by atoms with Crippen molar-refractivity contribution < 1.29 is 14.2 Å². The summed E-state index contributed by atoms with van der Waals surface area (Å²) in [7, 11) is 0. The van der Waals surface area contributed by atoms with E-state index in [1.807, 2.05) is 35.3 Å². The van der Waals surface area contributed by atoms with Crippen molar-refractivity contribution in [1.29, 1.82) is 5.26 Å². The molecule has 2 aliphatic heterocycles. The monoisotopic (exact) mass is 678 g/mol. The van der Waals surface area contributed by atoms with Crippen LogP contribution in [0.2, 0.25) is 0 Å². The standard InChI is InChI=1S/C33H34N12O3S/c1-21(15-43-20-38-41-42-43)48-30-10-22(2-3-23(30)12-34)24-13-36-33(37-14-24)39-29-17-45(40-32(29)47-19-31-35-8-9-49-31)26-6-4-25(5-7-26)44-16-28-11-27(44)18-46-28/h2-3,8-10,13-14,16-17,20-21,25-27H,4-7,11,15,18-19H2,1H3,(H,36,37,39)/t21-,25-,26-,27+/m0/s1. The van der Waals surface area contributed by atoms with Crippen LogP contribution in [0.15, 0.2) is 66.7 Å². The molecule has 2 bridgehead atoms. The first-order valence-electron chi connectivity index (χ1n) is 16.3. The maximum absolute atomic E-state index is 9.67. The summed E-state index contributed by atoms with van der Waals surface area (Å²) in [6.07, 6.45) is 16.0. The second-order valence-corrected chi connectivity index (χ2v) is 13.4. The van der Waals surface area contributed by atoms with E-state index in [1.54, 1.807) is 40.7 Å². The lowest BCUT2D eigenvalue weighted by Gasteiger charge is -2.38. The number of fused-ring (bicyclic) bond motifs is 2. The average molecular weight is 679 g/mol. The van der Waals surface area contributed by atoms with Crippen molar-refractivity contribution >= 4 is 23.0 Å². The van der Waals surface area contributed by atoms with E-state index in [4.69, 9.17) is 19.3 Å². The van der Waals surface area contributed by atoms with Crippen LogP contribution in [-0.2, 0) is 17.9 Å². The van der Waals surface area contributed by atoms with E-state index in [1.165, 1.54) is 6.33 Å². The van der Waals surface area contributed by atoms with Gasteiger partial charge < -0.3 is 24.4 Å². The normalized spacial score (nSPS) is 20.4. The van der Waals surface area contributed by atoms with Crippen LogP contribution < -0.4 is 14.8 Å². The molecular formula is C33H34N12O3S. The molecule has 1 aromatic carbocycles. The van der Waals surface area contributed by atoms with Crippen LogP contribution in [0.25, 0.3) is 11.1 Å². The van der Waals surface area contributed by atoms with Gasteiger partial charge in [-0.05, 0) is 60.7 Å². The van der Waals surface area contributed by atoms with Crippen molar-refractivity contribution in [2.24, 2.45) is 0 Å². The molecule has 5 aromatic rings. The molecule has 0 unspecified atom stereocenters. The van der Waals surface area contributed by atoms with Gasteiger partial charge in [0.15, 0.2) is 0 Å². The second-order valence-electron chi connectivity index (χ2n) is 12.4. The van der Waals surface area contributed by atoms with Crippen LogP contribution in [0.3, 0.4) is 0 Å². The lowest BCUT2D eigenvalue weighted by atomic mass is 9.90. The third kappa shape index (κ3) is 6.74. The number of ether oxygens (including phenoxy) is 3. The van der Waals surface area contributed by atoms with Gasteiger partial charge in [-0.2, -0.15) is 5.26 Å². The first-order chi connectivity index (χ1) is 24.1. The summed E-state index contributed by atoms with van der Waals surface area (Å²) in [5, 5.41) is 31.9. The molecule has 250 valence electrons. The van der Waals surface area contributed by atoms with Crippen molar-refractivity contribution in [3.63, 3.8) is 0 Å². The smallest absolute Gasteiger partial charge is 0.257 e. The van der Waals surface area contributed by atoms with E-state index in [0.717, 1.165) is 60.6 Å². The molecule has 3 aliphatic rings. The third-order valence-electron chi connectivity index (χ3n) is 9.09. The Morgan fingerprint density at radius 2 is 1.96 bits per heavy atom. The minimum Gasteiger partial charge on any atom is -0.494 e. The quantitative estimate of drug-likeness (QED) is 0.190. The molecule has 2 fully saturated rings. The highest BCUT2D eigenvalue weighted by Crippen LogP contribution is 2.39. The Kier molecular flexibility index (Phi) is 8.48. The highest BCUT2D eigenvalue weighted by molar-refractivity contribution is 7.09. The minimum absolute atomic E-state index is 0.268. The Morgan fingerprint density at radius 1 is 1.10 bits per heavy atom. The number of nitrogens with zero attached hydrogens (tertiary/aromatic N) is 11. The molecule has 16 heteroatoms. The molecule has 1 aliphatic carbocycles. The van der Waals surface area contributed by atoms with Gasteiger partial charge in [0.25, 0.3) is 5.88 Å². The maximum atomic E-state index is 9.67. The average Bonchev–Trinajstić information content (AvgIpc) is 3.98. The molecule has 1 saturated heterocycles. The summed E-state index contributed by atoms with van der Waals surface area (Å²) >= 11 is 1.54. The molecule has 0 amide bonds. The van der Waals surface area contributed by atoms with Gasteiger partial charge in [0.2, 0.25) is 5.95 Å². The van der Waals surface area contributed by atoms with Gasteiger partial charge in [-0.1, -0.05) is 6.07 Å². The molecule has 0 radical (unpaired) electrons. The van der Waals surface area contributed by atoms with Gasteiger partial charge in [-0.15, -0.1) is 21.5 Å². The zero-order valence-electron chi connectivity index (χ0n) is 26.8. The van der Waals surface area contributed by atoms with Crippen LogP contribution in [0.5, 0.6) is 11.6 Å². The van der Waals surface area contributed by atoms with Crippen LogP contribution in [0, 0.1) is 11.3 Å². The van der Waals surface area contributed by atoms with E-state index in [-0.39, 0.29) is 12.1 Å². The van der Waals surface area contributed by atoms with Crippen LogP contribution in [-0.4, -0.2) is 74.6 Å². The lowest BCUT2D eigenvalue weighted by Crippen LogP contribution is -2.41. The molecule has 49 heavy (non-hydrogen) atoms. The molecular weight excluding hydrogens is 645 g/mol. The summed E-state index contributed by atoms with van der Waals surface area (Å²) in [5.41, 5.74) is 2.71. The van der Waals surface area contributed by atoms with Crippen molar-refractivity contribution in [1.82, 2.24) is 49.8 Å². The van der Waals surface area contributed by atoms with Crippen molar-refractivity contribution in [3.8, 4) is 28.8 Å². The number of thiazole rings is 1. The number of nitriles is 1. The zero-order chi connectivity index (χ0) is 33.2. The molecule has 1 saturated carbocycles. The van der Waals surface area contributed by atoms with Gasteiger partial charge >= 0.3 is 0 Å². The molecule has 8 rings (SSSR count). The Hall–Kier alpha value is -5.56. The lowest BCUT2D eigenvalue weighted by molar-refractivity contribution is 0.106. The molecule has 6 heterocycles. The van der Waals surface area contributed by atoms with Crippen molar-refractivity contribution in [2.45, 2.75) is 76.4 Å². The van der Waals surface area contributed by atoms with Crippen LogP contribution in [0.4, 0.5) is 11.6 Å². The van der Waals surface area contributed by atoms with Crippen molar-refractivity contribution in [3.05, 3.63) is 77.2 Å². The van der Waals surface area contributed by atoms with E-state index < -0.39 is 0 Å². The van der Waals surface area contributed by atoms with Gasteiger partial charge in [-0.3, -0.25) is 4.68 Å². The van der Waals surface area contributed by atoms with E-state index in [0.29, 0.717) is 54.1 Å². The van der Waals surface area contributed by atoms with Crippen LogP contribution >= 0.6 is 11.3 Å². The number of aromatic nitrogens is 9. The zero-order valence-corrected chi connectivity index (χ0v) is 27.6. The Morgan fingerprint density at radius 3 is 2.67 bits per heavy atom. The number of nitrogens with one attached hydrogen (secondary N) is 1. The van der Waals surface area contributed by atoms with Gasteiger partial charge in [-0.25, -0.2) is 19.6 Å². The Bertz CT molecular complexity index is 1950. The summed E-state index contributed by atoms with van der Waals surface area (Å²) in [6, 6.07) is 8.92. The van der Waals surface area contributed by atoms with E-state index >= 15 is 0 Å². The first-order valence-corrected chi connectivity index (χ1v) is 17.2. The van der Waals surface area contributed by atoms with Gasteiger partial charge in [0.1, 0.15) is 53.9 Å². The van der Waals surface area contributed by atoms with Crippen molar-refractivity contribution in [2.75, 3.05) is 11.9 Å². The number of hydrogen-bond donors (Lipinski definition) is 1. The number of anilines is 2. The number of tetrazole rings is 1. The summed E-state index contributed by atoms with van der Waals surface area (Å²) in [6.45, 7) is 3.47. The fourth-order valence-electron chi connectivity index (χ4n) is 6.68. The number of rotatable bonds is 12. The highest BCUT2D eigenvalue weighted by Gasteiger charge is 2.38. The van der Waals surface area contributed by atoms with Crippen LogP contribution in [0.1, 0.15) is 55.6 Å². The summed E-state index contributed by atoms with van der Waals surface area (Å²) in [5.74, 6) is 2.48. The predicted molar refractivity (Wildman–Crippen MR) is 178 cm³/mol. The minimum atomic E-state index is -0.274. The summed E-state index contributed by atoms with van der Waals surface area (Å²) < 4.78 is 21.6. The topological polar surface area (TPSA) is 167 Å². The maximum Gasteiger partial charge on any atom is 0.257 e. The Labute approximate surface area is 286 Å². The van der Waals surface area contributed by atoms with E-state index in [2.05, 4.69) is 53.0 Å². The number of benzene rings is 1. The third-order valence-corrected chi connectivity index (χ3v) is 9.84. The second kappa shape index (κ2) is 13.5. The fraction of sp³-hybridized carbons (Fsp3) is 0.394. The molecule has 2 atom stereocenters. The van der Waals surface area contributed by atoms with Gasteiger partial charge in [0.05, 0.1) is 30.4 Å². The highest BCUT2D eigenvalue weighted by atomic mass is 32.1. The Balaban J connectivity index is 0.964. The number of hydrogen-bond acceptors (Lipinski definition) is 14. The fourth-order valence-corrected chi connectivity index (χ4v) is 7.20. The molecule has 1 N–H and O–H groups in total. The summed E-state index contributed by atoms with van der Waals surface area (Å²) in [4.78, 5) is 16.1. The SMILES string of the molecule is C[C@@H](Cn1cnnn1)Oc1cc(-c2cnc(Nc3cn([C@H]4CC[C@H](N5C=C6C[C@@H]5CO6)CC4)nc3OCc3nccs3)nc2)ccc1C#N. The van der Waals surface area contributed by atoms with Gasteiger partial charge in [0, 0.05) is 48.2 Å². The first kappa shape index (κ1) is 30.8. The predicted octanol–water partition coefficient (Wildman–Crippen LogP) is 4.87. The molecule has 4 aromatic heterocycles. The van der Waals surface area contributed by atoms with E-state index in [9.17, 15) is 5.26 Å².